The summed E-state index contributed by atoms with van der Waals surface area (Å²) < 4.78 is 6.58. The predicted octanol–water partition coefficient (Wildman–Crippen LogP) is 4.12. The van der Waals surface area contributed by atoms with Crippen molar-refractivity contribution >= 4 is 81.2 Å². The van der Waals surface area contributed by atoms with Crippen LogP contribution in [0, 0.1) is 11.3 Å². The minimum atomic E-state index is -0.966. The Morgan fingerprint density at radius 1 is 1.15 bits per heavy atom. The van der Waals surface area contributed by atoms with Crippen LogP contribution in [-0.2, 0) is 9.53 Å². The average Bonchev–Trinajstić information content (AvgIpc) is 3.11. The number of hydrogen-bond acceptors (Lipinski definition) is 6. The highest BCUT2D eigenvalue weighted by Crippen LogP contribution is 2.40. The number of carbonyl (C=O) groups is 1. The Balaban J connectivity index is 2.10. The summed E-state index contributed by atoms with van der Waals surface area (Å²) in [6, 6.07) is 11.7. The second-order valence-corrected chi connectivity index (χ2v) is 9.85. The molecule has 6 nitrogen and oxygen atoms in total. The van der Waals surface area contributed by atoms with E-state index in [0.717, 1.165) is 15.9 Å². The van der Waals surface area contributed by atoms with Gasteiger partial charge in [0.05, 0.1) is 34.8 Å². The molecular formula is C23H13Cl4N3O3S. The van der Waals surface area contributed by atoms with E-state index in [1.165, 1.54) is 13.2 Å². The molecule has 2 aromatic carbocycles. The summed E-state index contributed by atoms with van der Waals surface area (Å²) in [7, 11) is 1.18. The van der Waals surface area contributed by atoms with Crippen LogP contribution in [0.25, 0.3) is 17.5 Å². The van der Waals surface area contributed by atoms with Gasteiger partial charge < -0.3 is 10.5 Å². The number of aromatic nitrogens is 1. The van der Waals surface area contributed by atoms with E-state index in [-0.39, 0.29) is 31.2 Å². The molecule has 0 aliphatic carbocycles. The minimum absolute atomic E-state index is 0.0771. The number of methoxy groups -OCH3 is 1. The van der Waals surface area contributed by atoms with Crippen LogP contribution in [0.1, 0.15) is 17.0 Å². The third-order valence-electron chi connectivity index (χ3n) is 5.20. The molecule has 0 fully saturated rings. The number of rotatable bonds is 3. The Morgan fingerprint density at radius 3 is 2.38 bits per heavy atom. The molecule has 1 aliphatic rings. The number of fused-ring (bicyclic) bond motifs is 1. The first-order valence-electron chi connectivity index (χ1n) is 9.54. The number of nitrogens with two attached hydrogens (primary N) is 1. The Bertz CT molecular complexity index is 1620. The monoisotopic (exact) mass is 551 g/mol. The summed E-state index contributed by atoms with van der Waals surface area (Å²) in [5, 5.41) is 11.5. The molecule has 3 aromatic rings. The summed E-state index contributed by atoms with van der Waals surface area (Å²) in [6.45, 7) is 0. The molecule has 1 aromatic heterocycles. The lowest BCUT2D eigenvalue weighted by Gasteiger charge is -2.25. The fourth-order valence-corrected chi connectivity index (χ4v) is 5.77. The van der Waals surface area contributed by atoms with Gasteiger partial charge >= 0.3 is 5.97 Å². The van der Waals surface area contributed by atoms with Crippen molar-refractivity contribution in [3.8, 4) is 6.07 Å². The quantitative estimate of drug-likeness (QED) is 0.493. The highest BCUT2D eigenvalue weighted by Gasteiger charge is 2.37. The smallest absolute Gasteiger partial charge is 0.338 e. The number of carbonyl (C=O) groups excluding carboxylic acids is 1. The normalized spacial score (nSPS) is 15.8. The largest absolute Gasteiger partial charge is 0.466 e. The van der Waals surface area contributed by atoms with Gasteiger partial charge in [-0.05, 0) is 41.5 Å². The van der Waals surface area contributed by atoms with Crippen molar-refractivity contribution in [3.05, 3.63) is 92.7 Å². The molecule has 0 bridgehead atoms. The third kappa shape index (κ3) is 4.13. The molecule has 0 saturated heterocycles. The van der Waals surface area contributed by atoms with Crippen LogP contribution in [0.4, 0.5) is 0 Å². The van der Waals surface area contributed by atoms with Crippen molar-refractivity contribution in [2.45, 2.75) is 5.92 Å². The van der Waals surface area contributed by atoms with Gasteiger partial charge in [0, 0.05) is 20.1 Å². The predicted molar refractivity (Wildman–Crippen MR) is 136 cm³/mol. The number of hydrogen-bond donors (Lipinski definition) is 1. The maximum Gasteiger partial charge on any atom is 0.338 e. The van der Waals surface area contributed by atoms with Crippen LogP contribution in [0.2, 0.25) is 20.1 Å². The van der Waals surface area contributed by atoms with Crippen molar-refractivity contribution in [3.63, 3.8) is 0 Å². The third-order valence-corrected chi connectivity index (χ3v) is 7.43. The first-order valence-corrected chi connectivity index (χ1v) is 11.9. The molecule has 34 heavy (non-hydrogen) atoms. The number of benzene rings is 2. The van der Waals surface area contributed by atoms with Gasteiger partial charge in [0.15, 0.2) is 0 Å². The molecule has 0 radical (unpaired) electrons. The summed E-state index contributed by atoms with van der Waals surface area (Å²) in [5.74, 6) is -1.91. The lowest BCUT2D eigenvalue weighted by molar-refractivity contribution is -0.136. The lowest BCUT2D eigenvalue weighted by atomic mass is 9.84. The van der Waals surface area contributed by atoms with E-state index in [9.17, 15) is 14.9 Å². The molecule has 2 heterocycles. The van der Waals surface area contributed by atoms with Gasteiger partial charge in [-0.15, -0.1) is 11.3 Å². The van der Waals surface area contributed by atoms with Crippen molar-refractivity contribution in [2.24, 2.45) is 5.73 Å². The van der Waals surface area contributed by atoms with Crippen molar-refractivity contribution in [2.75, 3.05) is 7.11 Å². The molecule has 1 atom stereocenters. The molecule has 0 spiro atoms. The highest BCUT2D eigenvalue weighted by molar-refractivity contribution is 7.07. The molecule has 4 rings (SSSR count). The molecule has 172 valence electrons. The molecule has 0 saturated carbocycles. The van der Waals surface area contributed by atoms with Crippen LogP contribution in [0.15, 0.2) is 46.8 Å². The number of esters is 1. The topological polar surface area (TPSA) is 98.1 Å². The number of ether oxygens (including phenoxy) is 1. The van der Waals surface area contributed by atoms with Gasteiger partial charge in [-0.25, -0.2) is 4.79 Å². The van der Waals surface area contributed by atoms with E-state index < -0.39 is 17.4 Å². The van der Waals surface area contributed by atoms with Crippen molar-refractivity contribution < 1.29 is 9.53 Å². The van der Waals surface area contributed by atoms with E-state index >= 15 is 0 Å². The summed E-state index contributed by atoms with van der Waals surface area (Å²) in [4.78, 5) is 26.1. The van der Waals surface area contributed by atoms with Crippen LogP contribution in [0.3, 0.4) is 0 Å². The van der Waals surface area contributed by atoms with E-state index in [2.05, 4.69) is 6.07 Å². The molecule has 0 amide bonds. The first kappa shape index (κ1) is 24.4. The fourth-order valence-electron chi connectivity index (χ4n) is 3.67. The van der Waals surface area contributed by atoms with Crippen LogP contribution >= 0.6 is 57.7 Å². The molecule has 0 unspecified atom stereocenters. The van der Waals surface area contributed by atoms with Gasteiger partial charge in [0.2, 0.25) is 0 Å². The Labute approximate surface area is 217 Å². The SMILES string of the molecule is COC(=O)C1=C(N)n2c(s/c(=C/c3ccc(Cl)cc3Cl)c2=O)=C(C#N)[C@H]1c1ccc(Cl)cc1Cl. The van der Waals surface area contributed by atoms with Gasteiger partial charge in [-0.2, -0.15) is 5.26 Å². The first-order chi connectivity index (χ1) is 16.2. The second-order valence-electron chi connectivity index (χ2n) is 7.14. The average molecular weight is 553 g/mol. The van der Waals surface area contributed by atoms with Crippen molar-refractivity contribution in [1.29, 1.82) is 5.26 Å². The zero-order valence-corrected chi connectivity index (χ0v) is 21.1. The van der Waals surface area contributed by atoms with Gasteiger partial charge in [0.25, 0.3) is 5.56 Å². The molecule has 2 N–H and O–H groups in total. The zero-order valence-electron chi connectivity index (χ0n) is 17.2. The summed E-state index contributed by atoms with van der Waals surface area (Å²) in [6.07, 6.45) is 1.57. The van der Waals surface area contributed by atoms with Crippen LogP contribution in [0.5, 0.6) is 0 Å². The minimum Gasteiger partial charge on any atom is -0.466 e. The summed E-state index contributed by atoms with van der Waals surface area (Å²) in [5.41, 5.74) is 6.84. The van der Waals surface area contributed by atoms with Crippen LogP contribution < -0.4 is 20.5 Å². The Kier molecular flexibility index (Phi) is 6.81. The van der Waals surface area contributed by atoms with E-state index in [4.69, 9.17) is 56.9 Å². The molecule has 1 aliphatic heterocycles. The van der Waals surface area contributed by atoms with E-state index in [0.29, 0.717) is 26.2 Å². The van der Waals surface area contributed by atoms with Gasteiger partial charge in [-0.1, -0.05) is 58.5 Å². The molecular weight excluding hydrogens is 540 g/mol. The Hall–Kier alpha value is -2.73. The van der Waals surface area contributed by atoms with E-state index in [1.807, 2.05) is 0 Å². The highest BCUT2D eigenvalue weighted by atomic mass is 35.5. The second kappa shape index (κ2) is 9.49. The van der Waals surface area contributed by atoms with Crippen LogP contribution in [-0.4, -0.2) is 17.6 Å². The maximum atomic E-state index is 13.3. The number of nitriles is 1. The summed E-state index contributed by atoms with van der Waals surface area (Å²) >= 11 is 25.7. The standard InChI is InChI=1S/C23H13Cl4N3O3S/c1-33-23(32)19-18(13-5-4-12(25)8-16(13)27)14(9-28)22-30(20(19)29)21(31)17(34-22)6-10-2-3-11(24)7-15(10)26/h2-8,18H,29H2,1H3/b17-6+/t18-/m1/s1. The lowest BCUT2D eigenvalue weighted by Crippen LogP contribution is -2.40. The Morgan fingerprint density at radius 2 is 1.79 bits per heavy atom. The van der Waals surface area contributed by atoms with E-state index in [1.54, 1.807) is 36.4 Å². The van der Waals surface area contributed by atoms with Gasteiger partial charge in [0.1, 0.15) is 10.5 Å². The zero-order chi connectivity index (χ0) is 24.7. The number of thiazole rings is 1. The van der Waals surface area contributed by atoms with Crippen molar-refractivity contribution in [1.82, 2.24) is 4.57 Å². The molecule has 11 heteroatoms. The fraction of sp³-hybridized carbons (Fsp3) is 0.0870. The number of nitrogens with zero attached hydrogens (tertiary/aromatic N) is 2. The number of halogens is 4. The maximum absolute atomic E-state index is 13.3. The van der Waals surface area contributed by atoms with Gasteiger partial charge in [-0.3, -0.25) is 9.36 Å².